The first-order chi connectivity index (χ1) is 8.27. The van der Waals surface area contributed by atoms with Crippen LogP contribution < -0.4 is 10.6 Å². The van der Waals surface area contributed by atoms with Crippen LogP contribution in [0.15, 0.2) is 12.4 Å². The maximum atomic E-state index is 12.3. The Labute approximate surface area is 101 Å². The van der Waals surface area contributed by atoms with Crippen LogP contribution in [0.3, 0.4) is 0 Å². The molecule has 0 saturated carbocycles. The fourth-order valence-corrected chi connectivity index (χ4v) is 2.49. The molecule has 2 rings (SSSR count). The number of aromatic amines is 1. The molecule has 1 saturated heterocycles. The molecule has 1 aromatic heterocycles. The normalized spacial score (nSPS) is 23.8. The molecule has 1 aromatic rings. The van der Waals surface area contributed by atoms with E-state index in [4.69, 9.17) is 0 Å². The summed E-state index contributed by atoms with van der Waals surface area (Å²) >= 11 is 0. The highest BCUT2D eigenvalue weighted by atomic mass is 16.2. The van der Waals surface area contributed by atoms with Gasteiger partial charge in [0.1, 0.15) is 0 Å². The molecule has 1 unspecified atom stereocenters. The van der Waals surface area contributed by atoms with E-state index >= 15 is 0 Å². The second-order valence-electron chi connectivity index (χ2n) is 4.75. The summed E-state index contributed by atoms with van der Waals surface area (Å²) < 4.78 is 0. The molecular weight excluding hydrogens is 216 g/mol. The van der Waals surface area contributed by atoms with E-state index in [1.54, 1.807) is 12.4 Å². The number of hydrogen-bond acceptors (Lipinski definition) is 3. The fraction of sp³-hybridized carbons (Fsp3) is 0.667. The third-order valence-electron chi connectivity index (χ3n) is 3.46. The van der Waals surface area contributed by atoms with E-state index in [1.165, 1.54) is 0 Å². The molecule has 0 spiro atoms. The third kappa shape index (κ3) is 2.66. The Balaban J connectivity index is 1.92. The van der Waals surface area contributed by atoms with Crippen LogP contribution in [-0.2, 0) is 11.3 Å². The zero-order chi connectivity index (χ0) is 12.1. The highest BCUT2D eigenvalue weighted by Crippen LogP contribution is 2.31. The van der Waals surface area contributed by atoms with Gasteiger partial charge in [-0.05, 0) is 19.4 Å². The minimum absolute atomic E-state index is 0.172. The Hall–Kier alpha value is -1.36. The lowest BCUT2D eigenvalue weighted by Crippen LogP contribution is -2.42. The zero-order valence-electron chi connectivity index (χ0n) is 10.3. The van der Waals surface area contributed by atoms with Gasteiger partial charge < -0.3 is 10.6 Å². The maximum absolute atomic E-state index is 12.3. The summed E-state index contributed by atoms with van der Waals surface area (Å²) in [5.41, 5.74) is 0.814. The molecule has 5 heteroatoms. The Bertz CT molecular complexity index is 355. The van der Waals surface area contributed by atoms with E-state index in [1.807, 2.05) is 0 Å². The van der Waals surface area contributed by atoms with Crippen molar-refractivity contribution in [2.24, 2.45) is 5.41 Å². The molecule has 1 atom stereocenters. The number of hydrogen-bond donors (Lipinski definition) is 3. The average Bonchev–Trinajstić information content (AvgIpc) is 2.97. The topological polar surface area (TPSA) is 69.8 Å². The van der Waals surface area contributed by atoms with Crippen molar-refractivity contribution in [3.8, 4) is 0 Å². The first-order valence-corrected chi connectivity index (χ1v) is 6.23. The van der Waals surface area contributed by atoms with Gasteiger partial charge in [0.25, 0.3) is 0 Å². The number of carbonyl (C=O) groups is 1. The van der Waals surface area contributed by atoms with Crippen LogP contribution in [0.4, 0.5) is 0 Å². The van der Waals surface area contributed by atoms with E-state index < -0.39 is 0 Å². The largest absolute Gasteiger partial charge is 0.351 e. The Morgan fingerprint density at radius 2 is 2.53 bits per heavy atom. The molecule has 1 fully saturated rings. The SMILES string of the molecule is CCCC1(C(=O)NCc2cn[nH]c2)CCNC1. The monoisotopic (exact) mass is 236 g/mol. The van der Waals surface area contributed by atoms with Gasteiger partial charge in [-0.25, -0.2) is 0 Å². The van der Waals surface area contributed by atoms with Crippen molar-refractivity contribution in [3.63, 3.8) is 0 Å². The molecule has 1 aliphatic heterocycles. The molecule has 0 aromatic carbocycles. The van der Waals surface area contributed by atoms with Crippen molar-refractivity contribution in [1.82, 2.24) is 20.8 Å². The minimum Gasteiger partial charge on any atom is -0.351 e. The van der Waals surface area contributed by atoms with Gasteiger partial charge in [-0.1, -0.05) is 13.3 Å². The van der Waals surface area contributed by atoms with Crippen LogP contribution in [0.5, 0.6) is 0 Å². The molecule has 2 heterocycles. The van der Waals surface area contributed by atoms with Crippen molar-refractivity contribution >= 4 is 5.91 Å². The lowest BCUT2D eigenvalue weighted by molar-refractivity contribution is -0.130. The van der Waals surface area contributed by atoms with Crippen LogP contribution in [0, 0.1) is 5.41 Å². The highest BCUT2D eigenvalue weighted by molar-refractivity contribution is 5.83. The number of rotatable bonds is 5. The van der Waals surface area contributed by atoms with Gasteiger partial charge >= 0.3 is 0 Å². The molecule has 1 amide bonds. The van der Waals surface area contributed by atoms with E-state index in [0.717, 1.165) is 37.9 Å². The van der Waals surface area contributed by atoms with Crippen molar-refractivity contribution in [1.29, 1.82) is 0 Å². The van der Waals surface area contributed by atoms with Crippen LogP contribution in [0.1, 0.15) is 31.7 Å². The van der Waals surface area contributed by atoms with Crippen molar-refractivity contribution in [2.45, 2.75) is 32.7 Å². The predicted molar refractivity (Wildman–Crippen MR) is 65.3 cm³/mol. The van der Waals surface area contributed by atoms with Gasteiger partial charge in [0.15, 0.2) is 0 Å². The van der Waals surface area contributed by atoms with Crippen LogP contribution >= 0.6 is 0 Å². The molecular formula is C12H20N4O. The lowest BCUT2D eigenvalue weighted by atomic mass is 9.81. The molecule has 5 nitrogen and oxygen atoms in total. The van der Waals surface area contributed by atoms with Crippen molar-refractivity contribution in [2.75, 3.05) is 13.1 Å². The number of nitrogens with one attached hydrogen (secondary N) is 3. The van der Waals surface area contributed by atoms with Crippen LogP contribution in [0.2, 0.25) is 0 Å². The number of aromatic nitrogens is 2. The molecule has 17 heavy (non-hydrogen) atoms. The minimum atomic E-state index is -0.196. The van der Waals surface area contributed by atoms with Crippen LogP contribution in [0.25, 0.3) is 0 Å². The molecule has 0 bridgehead atoms. The fourth-order valence-electron chi connectivity index (χ4n) is 2.49. The van der Waals surface area contributed by atoms with Crippen LogP contribution in [-0.4, -0.2) is 29.2 Å². The summed E-state index contributed by atoms with van der Waals surface area (Å²) in [6.07, 6.45) is 6.48. The Morgan fingerprint density at radius 1 is 1.65 bits per heavy atom. The molecule has 94 valence electrons. The summed E-state index contributed by atoms with van der Waals surface area (Å²) in [7, 11) is 0. The summed E-state index contributed by atoms with van der Waals surface area (Å²) in [6.45, 7) is 4.43. The Morgan fingerprint density at radius 3 is 3.12 bits per heavy atom. The smallest absolute Gasteiger partial charge is 0.227 e. The summed E-state index contributed by atoms with van der Waals surface area (Å²) in [4.78, 5) is 12.3. The average molecular weight is 236 g/mol. The maximum Gasteiger partial charge on any atom is 0.227 e. The van der Waals surface area contributed by atoms with E-state index in [2.05, 4.69) is 27.8 Å². The van der Waals surface area contributed by atoms with E-state index in [-0.39, 0.29) is 11.3 Å². The Kier molecular flexibility index (Phi) is 3.78. The molecule has 0 aliphatic carbocycles. The lowest BCUT2D eigenvalue weighted by Gasteiger charge is -2.26. The highest BCUT2D eigenvalue weighted by Gasteiger charge is 2.39. The van der Waals surface area contributed by atoms with Gasteiger partial charge in [-0.3, -0.25) is 9.89 Å². The molecule has 0 radical (unpaired) electrons. The third-order valence-corrected chi connectivity index (χ3v) is 3.46. The van der Waals surface area contributed by atoms with E-state index in [9.17, 15) is 4.79 Å². The predicted octanol–water partition coefficient (Wildman–Crippen LogP) is 0.806. The van der Waals surface area contributed by atoms with Gasteiger partial charge in [0, 0.05) is 24.8 Å². The van der Waals surface area contributed by atoms with Gasteiger partial charge in [0.05, 0.1) is 11.6 Å². The second-order valence-corrected chi connectivity index (χ2v) is 4.75. The van der Waals surface area contributed by atoms with Crippen molar-refractivity contribution in [3.05, 3.63) is 18.0 Å². The number of amides is 1. The second kappa shape index (κ2) is 5.31. The summed E-state index contributed by atoms with van der Waals surface area (Å²) in [5.74, 6) is 0.172. The zero-order valence-corrected chi connectivity index (χ0v) is 10.3. The van der Waals surface area contributed by atoms with Gasteiger partial charge in [-0.15, -0.1) is 0 Å². The molecule has 1 aliphatic rings. The standard InChI is InChI=1S/C12H20N4O/c1-2-3-12(4-5-13-9-12)11(17)14-6-10-7-15-16-8-10/h7-8,13H,2-6,9H2,1H3,(H,14,17)(H,15,16). The number of carbonyl (C=O) groups excluding carboxylic acids is 1. The first-order valence-electron chi connectivity index (χ1n) is 6.23. The number of H-pyrrole nitrogens is 1. The number of nitrogens with zero attached hydrogens (tertiary/aromatic N) is 1. The van der Waals surface area contributed by atoms with Gasteiger partial charge in [-0.2, -0.15) is 5.10 Å². The first kappa shape index (κ1) is 12.1. The molecule has 3 N–H and O–H groups in total. The van der Waals surface area contributed by atoms with E-state index in [0.29, 0.717) is 6.54 Å². The van der Waals surface area contributed by atoms with Gasteiger partial charge in [0.2, 0.25) is 5.91 Å². The summed E-state index contributed by atoms with van der Waals surface area (Å²) in [6, 6.07) is 0. The van der Waals surface area contributed by atoms with Crippen molar-refractivity contribution < 1.29 is 4.79 Å². The summed E-state index contributed by atoms with van der Waals surface area (Å²) in [5, 5.41) is 12.9. The quantitative estimate of drug-likeness (QED) is 0.708.